The largest absolute Gasteiger partial charge is 0.466 e. The number of β-amino-alcohol motifs (C(OH)–C–C–N with tert-alkyl or cyclic N) is 1. The van der Waals surface area contributed by atoms with E-state index in [0.29, 0.717) is 25.9 Å². The Labute approximate surface area is 171 Å². The number of rotatable bonds is 10. The molecule has 8 nitrogen and oxygen atoms in total. The zero-order valence-electron chi connectivity index (χ0n) is 17.3. The third-order valence-corrected chi connectivity index (χ3v) is 6.38. The summed E-state index contributed by atoms with van der Waals surface area (Å²) in [6.45, 7) is 8.46. The Bertz CT molecular complexity index is 668. The molecule has 3 aliphatic rings. The van der Waals surface area contributed by atoms with Crippen molar-refractivity contribution in [3.63, 3.8) is 0 Å². The Hall–Kier alpha value is -1.93. The SMILES string of the molecule is C=CCN(CCCC)C(=O)C1N(CCO)C(=O)[C@@H]2[C@@H](C(=O)OCC)[C@H]3CCC12O3. The van der Waals surface area contributed by atoms with Crippen molar-refractivity contribution >= 4 is 17.8 Å². The fraction of sp³-hybridized carbons (Fsp3) is 0.762. The number of hydrogen-bond donors (Lipinski definition) is 1. The average Bonchev–Trinajstić information content (AvgIpc) is 3.33. The van der Waals surface area contributed by atoms with Gasteiger partial charge in [-0.2, -0.15) is 0 Å². The van der Waals surface area contributed by atoms with Gasteiger partial charge in [0.1, 0.15) is 11.6 Å². The Morgan fingerprint density at radius 1 is 1.45 bits per heavy atom. The van der Waals surface area contributed by atoms with E-state index in [4.69, 9.17) is 9.47 Å². The van der Waals surface area contributed by atoms with Crippen molar-refractivity contribution in [3.8, 4) is 0 Å². The maximum absolute atomic E-state index is 13.6. The van der Waals surface area contributed by atoms with Crippen molar-refractivity contribution in [2.24, 2.45) is 11.8 Å². The number of aliphatic hydroxyl groups excluding tert-OH is 1. The summed E-state index contributed by atoms with van der Waals surface area (Å²) in [5.41, 5.74) is -1.03. The van der Waals surface area contributed by atoms with Crippen LogP contribution in [0.5, 0.6) is 0 Å². The molecule has 3 fully saturated rings. The van der Waals surface area contributed by atoms with Gasteiger partial charge in [-0.3, -0.25) is 14.4 Å². The van der Waals surface area contributed by atoms with E-state index in [1.807, 2.05) is 6.92 Å². The van der Waals surface area contributed by atoms with E-state index in [0.717, 1.165) is 12.8 Å². The van der Waals surface area contributed by atoms with Crippen molar-refractivity contribution in [3.05, 3.63) is 12.7 Å². The number of hydrogen-bond acceptors (Lipinski definition) is 6. The molecule has 0 aromatic carbocycles. The number of aliphatic hydroxyl groups is 1. The van der Waals surface area contributed by atoms with Crippen LogP contribution in [0, 0.1) is 11.8 Å². The van der Waals surface area contributed by atoms with Crippen LogP contribution in [0.3, 0.4) is 0 Å². The number of unbranched alkanes of at least 4 members (excludes halogenated alkanes) is 1. The number of nitrogens with zero attached hydrogens (tertiary/aromatic N) is 2. The first kappa shape index (κ1) is 21.8. The molecule has 0 aromatic rings. The zero-order chi connectivity index (χ0) is 21.2. The monoisotopic (exact) mass is 408 g/mol. The maximum atomic E-state index is 13.6. The molecule has 8 heteroatoms. The van der Waals surface area contributed by atoms with Crippen molar-refractivity contribution in [2.75, 3.05) is 32.8 Å². The molecule has 1 N–H and O–H groups in total. The fourth-order valence-electron chi connectivity index (χ4n) is 5.26. The Balaban J connectivity index is 1.97. The first-order valence-corrected chi connectivity index (χ1v) is 10.6. The van der Waals surface area contributed by atoms with Crippen LogP contribution >= 0.6 is 0 Å². The third kappa shape index (κ3) is 3.46. The van der Waals surface area contributed by atoms with Crippen LogP contribution in [0.25, 0.3) is 0 Å². The molecule has 1 spiro atoms. The Morgan fingerprint density at radius 2 is 2.21 bits per heavy atom. The molecule has 3 rings (SSSR count). The minimum Gasteiger partial charge on any atom is -0.466 e. The molecule has 3 saturated heterocycles. The first-order valence-electron chi connectivity index (χ1n) is 10.6. The average molecular weight is 408 g/mol. The highest BCUT2D eigenvalue weighted by Crippen LogP contribution is 2.58. The molecule has 29 heavy (non-hydrogen) atoms. The summed E-state index contributed by atoms with van der Waals surface area (Å²) in [5.74, 6) is -2.38. The second-order valence-corrected chi connectivity index (χ2v) is 7.99. The predicted molar refractivity (Wildman–Crippen MR) is 105 cm³/mol. The molecule has 162 valence electrons. The lowest BCUT2D eigenvalue weighted by atomic mass is 9.70. The number of carbonyl (C=O) groups excluding carboxylic acids is 3. The second kappa shape index (κ2) is 8.83. The highest BCUT2D eigenvalue weighted by molar-refractivity contribution is 5.98. The molecule has 0 radical (unpaired) electrons. The van der Waals surface area contributed by atoms with E-state index >= 15 is 0 Å². The summed E-state index contributed by atoms with van der Waals surface area (Å²) in [6.07, 6.45) is 4.19. The molecule has 5 atom stereocenters. The molecule has 0 saturated carbocycles. The van der Waals surface area contributed by atoms with Gasteiger partial charge in [0.25, 0.3) is 0 Å². The highest BCUT2D eigenvalue weighted by Gasteiger charge is 2.74. The van der Waals surface area contributed by atoms with Crippen molar-refractivity contribution in [1.29, 1.82) is 0 Å². The van der Waals surface area contributed by atoms with Gasteiger partial charge in [0.2, 0.25) is 11.8 Å². The van der Waals surface area contributed by atoms with Crippen molar-refractivity contribution < 1.29 is 29.0 Å². The molecule has 2 unspecified atom stereocenters. The van der Waals surface area contributed by atoms with Crippen LogP contribution in [0.4, 0.5) is 0 Å². The third-order valence-electron chi connectivity index (χ3n) is 6.38. The molecule has 0 aliphatic carbocycles. The number of amides is 2. The summed E-state index contributed by atoms with van der Waals surface area (Å²) in [6, 6.07) is -0.839. The molecule has 3 heterocycles. The van der Waals surface area contributed by atoms with Crippen LogP contribution in [-0.2, 0) is 23.9 Å². The second-order valence-electron chi connectivity index (χ2n) is 7.99. The first-order chi connectivity index (χ1) is 14.0. The van der Waals surface area contributed by atoms with E-state index in [-0.39, 0.29) is 31.6 Å². The number of ether oxygens (including phenoxy) is 2. The molecular weight excluding hydrogens is 376 g/mol. The lowest BCUT2D eigenvalue weighted by Gasteiger charge is -2.36. The van der Waals surface area contributed by atoms with Crippen molar-refractivity contribution in [2.45, 2.75) is 57.3 Å². The number of fused-ring (bicyclic) bond motifs is 1. The van der Waals surface area contributed by atoms with Gasteiger partial charge < -0.3 is 24.4 Å². The van der Waals surface area contributed by atoms with E-state index in [2.05, 4.69) is 6.58 Å². The topological polar surface area (TPSA) is 96.4 Å². The zero-order valence-corrected chi connectivity index (χ0v) is 17.3. The van der Waals surface area contributed by atoms with Gasteiger partial charge in [0.15, 0.2) is 0 Å². The minimum atomic E-state index is -1.03. The highest BCUT2D eigenvalue weighted by atomic mass is 16.6. The normalized spacial score (nSPS) is 32.4. The number of esters is 1. The van der Waals surface area contributed by atoms with Crippen LogP contribution in [0.15, 0.2) is 12.7 Å². The Morgan fingerprint density at radius 3 is 2.83 bits per heavy atom. The maximum Gasteiger partial charge on any atom is 0.312 e. The van der Waals surface area contributed by atoms with Crippen LogP contribution < -0.4 is 0 Å². The lowest BCUT2D eigenvalue weighted by molar-refractivity contribution is -0.155. The lowest BCUT2D eigenvalue weighted by Crippen LogP contribution is -2.56. The standard InChI is InChI=1S/C21H32N2O6/c1-4-7-11-22(10-5-2)19(26)17-21-9-8-14(29-21)15(20(27)28-6-3)16(21)18(25)23(17)12-13-24/h5,14-17,24H,2,4,6-13H2,1,3H3/t14-,15+,16+,17?,21?/m1/s1. The van der Waals surface area contributed by atoms with Gasteiger partial charge in [-0.1, -0.05) is 19.4 Å². The minimum absolute atomic E-state index is 0.0345. The molecule has 2 bridgehead atoms. The van der Waals surface area contributed by atoms with Crippen LogP contribution in [-0.4, -0.2) is 83.3 Å². The molecular formula is C21H32N2O6. The van der Waals surface area contributed by atoms with Gasteiger partial charge in [-0.05, 0) is 26.2 Å². The molecule has 3 aliphatic heterocycles. The van der Waals surface area contributed by atoms with Gasteiger partial charge in [0, 0.05) is 19.6 Å². The summed E-state index contributed by atoms with van der Waals surface area (Å²) in [7, 11) is 0. The Kier molecular flexibility index (Phi) is 6.63. The number of likely N-dealkylation sites (tertiary alicyclic amines) is 1. The quantitative estimate of drug-likeness (QED) is 0.423. The van der Waals surface area contributed by atoms with Crippen LogP contribution in [0.2, 0.25) is 0 Å². The van der Waals surface area contributed by atoms with E-state index in [9.17, 15) is 19.5 Å². The smallest absolute Gasteiger partial charge is 0.312 e. The van der Waals surface area contributed by atoms with Gasteiger partial charge in [-0.25, -0.2) is 0 Å². The van der Waals surface area contributed by atoms with E-state index in [1.54, 1.807) is 17.9 Å². The summed E-state index contributed by atoms with van der Waals surface area (Å²) in [5, 5.41) is 9.55. The molecule has 0 aromatic heterocycles. The van der Waals surface area contributed by atoms with Crippen molar-refractivity contribution in [1.82, 2.24) is 9.80 Å². The van der Waals surface area contributed by atoms with Crippen LogP contribution in [0.1, 0.15) is 39.5 Å². The van der Waals surface area contributed by atoms with E-state index < -0.39 is 35.6 Å². The summed E-state index contributed by atoms with van der Waals surface area (Å²) < 4.78 is 11.5. The van der Waals surface area contributed by atoms with Gasteiger partial charge in [0.05, 0.1) is 31.2 Å². The van der Waals surface area contributed by atoms with E-state index in [1.165, 1.54) is 4.90 Å². The summed E-state index contributed by atoms with van der Waals surface area (Å²) in [4.78, 5) is 42.7. The van der Waals surface area contributed by atoms with Gasteiger partial charge in [-0.15, -0.1) is 6.58 Å². The molecule has 2 amide bonds. The summed E-state index contributed by atoms with van der Waals surface area (Å²) >= 11 is 0. The number of carbonyl (C=O) groups is 3. The fourth-order valence-corrected chi connectivity index (χ4v) is 5.26. The predicted octanol–water partition coefficient (Wildman–Crippen LogP) is 0.731. The van der Waals surface area contributed by atoms with Gasteiger partial charge >= 0.3 is 5.97 Å².